The van der Waals surface area contributed by atoms with Crippen LogP contribution < -0.4 is 0 Å². The highest BCUT2D eigenvalue weighted by molar-refractivity contribution is 7.90. The van der Waals surface area contributed by atoms with Crippen LogP contribution in [0.15, 0.2) is 59.6 Å². The quantitative estimate of drug-likeness (QED) is 0.497. The molecule has 0 fully saturated rings. The number of fused-ring (bicyclic) bond motifs is 1. The van der Waals surface area contributed by atoms with E-state index in [1.54, 1.807) is 49.0 Å². The van der Waals surface area contributed by atoms with Crippen molar-refractivity contribution in [3.63, 3.8) is 0 Å². The summed E-state index contributed by atoms with van der Waals surface area (Å²) in [5.74, 6) is 0. The Kier molecular flexibility index (Phi) is 5.23. The Balaban J connectivity index is 1.90. The Morgan fingerprint density at radius 2 is 1.84 bits per heavy atom. The molecule has 4 aromatic rings. The monoisotopic (exact) mass is 438 g/mol. The van der Waals surface area contributed by atoms with Crippen molar-refractivity contribution >= 4 is 20.7 Å². The lowest BCUT2D eigenvalue weighted by atomic mass is 10.1. The predicted molar refractivity (Wildman–Crippen MR) is 121 cm³/mol. The van der Waals surface area contributed by atoms with Crippen molar-refractivity contribution in [3.8, 4) is 16.9 Å². The Hall–Kier alpha value is -2.97. The molecule has 0 aliphatic heterocycles. The van der Waals surface area contributed by atoms with Crippen molar-refractivity contribution in [2.24, 2.45) is 0 Å². The summed E-state index contributed by atoms with van der Waals surface area (Å²) in [4.78, 5) is 0.223. The van der Waals surface area contributed by atoms with E-state index in [0.717, 1.165) is 34.3 Å². The molecule has 0 unspecified atom stereocenters. The molecule has 0 radical (unpaired) electrons. The fraction of sp³-hybridized carbons (Fsp3) is 0.304. The smallest absolute Gasteiger partial charge is 0.177 e. The summed E-state index contributed by atoms with van der Waals surface area (Å²) in [5, 5.41) is 20.5. The molecule has 2 aromatic carbocycles. The number of hydrogen-bond acceptors (Lipinski definition) is 5. The number of aliphatic hydroxyl groups is 1. The zero-order chi connectivity index (χ0) is 22.4. The van der Waals surface area contributed by atoms with E-state index in [9.17, 15) is 13.5 Å². The molecular formula is C23H26N4O3S. The lowest BCUT2D eigenvalue weighted by Gasteiger charge is -2.17. The summed E-state index contributed by atoms with van der Waals surface area (Å²) >= 11 is 0. The van der Waals surface area contributed by atoms with Crippen LogP contribution in [0.3, 0.4) is 0 Å². The Labute approximate surface area is 181 Å². The van der Waals surface area contributed by atoms with Crippen LogP contribution in [0, 0.1) is 0 Å². The highest BCUT2D eigenvalue weighted by atomic mass is 32.2. The number of aromatic nitrogens is 4. The molecule has 0 atom stereocenters. The largest absolute Gasteiger partial charge is 0.389 e. The molecule has 1 N–H and O–H groups in total. The molecule has 0 aliphatic rings. The molecule has 8 heteroatoms. The molecule has 0 amide bonds. The SMILES string of the molecule is CCc1nn(CC(C)(C)O)c2cc(-c3ccnn3-c3ccccc3S(C)(=O)=O)ccc12. The van der Waals surface area contributed by atoms with Crippen LogP contribution in [-0.2, 0) is 22.8 Å². The third kappa shape index (κ3) is 4.13. The summed E-state index contributed by atoms with van der Waals surface area (Å²) in [7, 11) is -3.42. The minimum absolute atomic E-state index is 0.223. The van der Waals surface area contributed by atoms with Gasteiger partial charge >= 0.3 is 0 Å². The van der Waals surface area contributed by atoms with E-state index in [0.29, 0.717) is 12.2 Å². The van der Waals surface area contributed by atoms with Gasteiger partial charge in [-0.05, 0) is 44.5 Å². The number of sulfone groups is 1. The first-order valence-electron chi connectivity index (χ1n) is 10.1. The summed E-state index contributed by atoms with van der Waals surface area (Å²) in [5.41, 5.74) is 3.14. The van der Waals surface area contributed by atoms with Crippen LogP contribution in [0.4, 0.5) is 0 Å². The number of nitrogens with zero attached hydrogens (tertiary/aromatic N) is 4. The molecule has 4 rings (SSSR count). The average Bonchev–Trinajstić information content (AvgIpc) is 3.31. The number of para-hydroxylation sites is 1. The molecule has 31 heavy (non-hydrogen) atoms. The second kappa shape index (κ2) is 7.62. The van der Waals surface area contributed by atoms with Gasteiger partial charge in [-0.3, -0.25) is 4.68 Å². The lowest BCUT2D eigenvalue weighted by molar-refractivity contribution is 0.0590. The van der Waals surface area contributed by atoms with Crippen molar-refractivity contribution < 1.29 is 13.5 Å². The first-order chi connectivity index (χ1) is 14.6. The van der Waals surface area contributed by atoms with Crippen LogP contribution in [0.2, 0.25) is 0 Å². The van der Waals surface area contributed by atoms with Gasteiger partial charge in [-0.25, -0.2) is 13.1 Å². The summed E-state index contributed by atoms with van der Waals surface area (Å²) < 4.78 is 28.1. The third-order valence-electron chi connectivity index (χ3n) is 5.13. The normalized spacial score (nSPS) is 12.5. The topological polar surface area (TPSA) is 90.0 Å². The third-order valence-corrected chi connectivity index (χ3v) is 6.28. The van der Waals surface area contributed by atoms with Gasteiger partial charge in [0.1, 0.15) is 0 Å². The maximum atomic E-state index is 12.3. The van der Waals surface area contributed by atoms with E-state index in [-0.39, 0.29) is 4.90 Å². The molecule has 0 spiro atoms. The zero-order valence-corrected chi connectivity index (χ0v) is 18.9. The zero-order valence-electron chi connectivity index (χ0n) is 18.1. The fourth-order valence-electron chi connectivity index (χ4n) is 3.81. The molecule has 0 saturated carbocycles. The van der Waals surface area contributed by atoms with Crippen LogP contribution in [-0.4, -0.2) is 44.9 Å². The minimum Gasteiger partial charge on any atom is -0.389 e. The second-order valence-corrected chi connectivity index (χ2v) is 10.4. The van der Waals surface area contributed by atoms with E-state index in [1.807, 2.05) is 28.9 Å². The molecule has 7 nitrogen and oxygen atoms in total. The van der Waals surface area contributed by atoms with Crippen LogP contribution >= 0.6 is 0 Å². The first-order valence-corrected chi connectivity index (χ1v) is 12.0. The highest BCUT2D eigenvalue weighted by Crippen LogP contribution is 2.30. The van der Waals surface area contributed by atoms with Gasteiger partial charge in [0, 0.05) is 17.2 Å². The highest BCUT2D eigenvalue weighted by Gasteiger charge is 2.20. The summed E-state index contributed by atoms with van der Waals surface area (Å²) in [6, 6.07) is 14.7. The molecule has 162 valence electrons. The number of hydrogen-bond donors (Lipinski definition) is 1. The van der Waals surface area contributed by atoms with Gasteiger partial charge in [0.25, 0.3) is 0 Å². The Bertz CT molecular complexity index is 1360. The molecule has 0 saturated heterocycles. The van der Waals surface area contributed by atoms with Crippen molar-refractivity contribution in [2.75, 3.05) is 6.26 Å². The van der Waals surface area contributed by atoms with Crippen LogP contribution in [0.25, 0.3) is 27.8 Å². The van der Waals surface area contributed by atoms with Gasteiger partial charge < -0.3 is 5.11 Å². The maximum Gasteiger partial charge on any atom is 0.177 e. The summed E-state index contributed by atoms with van der Waals surface area (Å²) in [6.07, 6.45) is 3.64. The Morgan fingerprint density at radius 1 is 1.10 bits per heavy atom. The Morgan fingerprint density at radius 3 is 2.52 bits per heavy atom. The van der Waals surface area contributed by atoms with Gasteiger partial charge in [-0.1, -0.05) is 31.2 Å². The van der Waals surface area contributed by atoms with Crippen molar-refractivity contribution in [2.45, 2.75) is 44.2 Å². The van der Waals surface area contributed by atoms with Gasteiger partial charge in [0.05, 0.1) is 45.8 Å². The second-order valence-electron chi connectivity index (χ2n) is 8.37. The molecule has 2 aromatic heterocycles. The molecule has 0 aliphatic carbocycles. The van der Waals surface area contributed by atoms with Gasteiger partial charge in [0.2, 0.25) is 0 Å². The van der Waals surface area contributed by atoms with Gasteiger partial charge in [0.15, 0.2) is 9.84 Å². The van der Waals surface area contributed by atoms with Gasteiger partial charge in [-0.2, -0.15) is 10.2 Å². The minimum atomic E-state index is -3.42. The predicted octanol–water partition coefficient (Wildman–Crippen LogP) is 3.63. The molecule has 2 heterocycles. The van der Waals surface area contributed by atoms with E-state index in [2.05, 4.69) is 12.0 Å². The van der Waals surface area contributed by atoms with E-state index >= 15 is 0 Å². The number of aryl methyl sites for hydroxylation is 1. The van der Waals surface area contributed by atoms with Crippen LogP contribution in [0.5, 0.6) is 0 Å². The van der Waals surface area contributed by atoms with Gasteiger partial charge in [-0.15, -0.1) is 0 Å². The molecule has 0 bridgehead atoms. The molecular weight excluding hydrogens is 412 g/mol. The van der Waals surface area contributed by atoms with E-state index in [4.69, 9.17) is 5.10 Å². The standard InChI is InChI=1S/C23H26N4O3S/c1-5-18-17-11-10-16(14-21(17)26(25-18)15-23(2,3)28)19-12-13-24-27(19)20-8-6-7-9-22(20)31(4,29)30/h6-14,28H,5,15H2,1-4H3. The first kappa shape index (κ1) is 21.3. The van der Waals surface area contributed by atoms with Crippen molar-refractivity contribution in [3.05, 3.63) is 60.4 Å². The lowest BCUT2D eigenvalue weighted by Crippen LogP contribution is -2.26. The van der Waals surface area contributed by atoms with Crippen molar-refractivity contribution in [1.29, 1.82) is 0 Å². The number of benzene rings is 2. The average molecular weight is 439 g/mol. The van der Waals surface area contributed by atoms with Crippen molar-refractivity contribution in [1.82, 2.24) is 19.6 Å². The number of rotatable bonds is 6. The van der Waals surface area contributed by atoms with E-state index in [1.165, 1.54) is 6.26 Å². The van der Waals surface area contributed by atoms with E-state index < -0.39 is 15.4 Å². The fourth-order valence-corrected chi connectivity index (χ4v) is 4.67. The summed E-state index contributed by atoms with van der Waals surface area (Å²) in [6.45, 7) is 5.94. The maximum absolute atomic E-state index is 12.3. The van der Waals surface area contributed by atoms with Crippen LogP contribution in [0.1, 0.15) is 26.5 Å².